The van der Waals surface area contributed by atoms with Gasteiger partial charge in [-0.25, -0.2) is 0 Å². The van der Waals surface area contributed by atoms with E-state index in [9.17, 15) is 0 Å². The topological polar surface area (TPSA) is 35.5 Å². The third-order valence-corrected chi connectivity index (χ3v) is 5.97. The van der Waals surface area contributed by atoms with Crippen LogP contribution < -0.4 is 5.32 Å². The van der Waals surface area contributed by atoms with Crippen molar-refractivity contribution in [2.75, 3.05) is 32.8 Å². The van der Waals surface area contributed by atoms with Gasteiger partial charge in [0.15, 0.2) is 0 Å². The lowest BCUT2D eigenvalue weighted by atomic mass is 9.79. The number of likely N-dealkylation sites (tertiary alicyclic amines) is 1. The molecule has 3 aliphatic rings. The molecule has 3 heteroatoms. The van der Waals surface area contributed by atoms with Crippen LogP contribution in [-0.2, 0) is 0 Å². The molecule has 2 saturated carbocycles. The molecule has 3 rings (SSSR count). The summed E-state index contributed by atoms with van der Waals surface area (Å²) < 4.78 is 0. The van der Waals surface area contributed by atoms with Crippen molar-refractivity contribution < 1.29 is 5.11 Å². The molecule has 0 aromatic heterocycles. The highest BCUT2D eigenvalue weighted by molar-refractivity contribution is 4.92. The fraction of sp³-hybridized carbons (Fsp3) is 1.00. The van der Waals surface area contributed by atoms with Gasteiger partial charge in [0.05, 0.1) is 0 Å². The number of nitrogens with one attached hydrogen (secondary N) is 1. The molecule has 21 heavy (non-hydrogen) atoms. The molecule has 1 heterocycles. The van der Waals surface area contributed by atoms with Crippen LogP contribution in [0.4, 0.5) is 0 Å². The molecule has 122 valence electrons. The zero-order chi connectivity index (χ0) is 14.5. The van der Waals surface area contributed by atoms with Crippen molar-refractivity contribution in [1.29, 1.82) is 0 Å². The maximum Gasteiger partial charge on any atom is 0.0434 e. The normalized spacial score (nSPS) is 30.4. The van der Waals surface area contributed by atoms with Gasteiger partial charge in [-0.2, -0.15) is 0 Å². The third-order valence-electron chi connectivity index (χ3n) is 5.97. The number of nitrogens with zero attached hydrogens (tertiary/aromatic N) is 1. The largest absolute Gasteiger partial charge is 0.396 e. The van der Waals surface area contributed by atoms with Crippen LogP contribution in [0.5, 0.6) is 0 Å². The van der Waals surface area contributed by atoms with Gasteiger partial charge in [0, 0.05) is 32.3 Å². The summed E-state index contributed by atoms with van der Waals surface area (Å²) in [5.41, 5.74) is 0.535. The predicted molar refractivity (Wildman–Crippen MR) is 87.4 cm³/mol. The van der Waals surface area contributed by atoms with Crippen molar-refractivity contribution >= 4 is 0 Å². The summed E-state index contributed by atoms with van der Waals surface area (Å²) >= 11 is 0. The maximum absolute atomic E-state index is 9.15. The molecule has 0 bridgehead atoms. The number of aliphatic hydroxyl groups excluding tert-OH is 1. The highest BCUT2D eigenvalue weighted by atomic mass is 16.3. The minimum Gasteiger partial charge on any atom is -0.396 e. The monoisotopic (exact) mass is 294 g/mol. The molecule has 2 N–H and O–H groups in total. The van der Waals surface area contributed by atoms with Crippen LogP contribution in [0.25, 0.3) is 0 Å². The zero-order valence-corrected chi connectivity index (χ0v) is 13.7. The Morgan fingerprint density at radius 3 is 2.48 bits per heavy atom. The van der Waals surface area contributed by atoms with Gasteiger partial charge in [-0.3, -0.25) is 0 Å². The van der Waals surface area contributed by atoms with Gasteiger partial charge >= 0.3 is 0 Å². The molecule has 0 spiro atoms. The van der Waals surface area contributed by atoms with Crippen molar-refractivity contribution in [2.45, 2.75) is 70.3 Å². The molecule has 2 aliphatic carbocycles. The second-order valence-electron chi connectivity index (χ2n) is 7.97. The molecule has 0 aromatic carbocycles. The van der Waals surface area contributed by atoms with E-state index in [1.807, 2.05) is 0 Å². The first kappa shape index (κ1) is 15.8. The highest BCUT2D eigenvalue weighted by Crippen LogP contribution is 2.37. The summed E-state index contributed by atoms with van der Waals surface area (Å²) in [5.74, 6) is 0.745. The van der Waals surface area contributed by atoms with Gasteiger partial charge in [-0.1, -0.05) is 25.7 Å². The van der Waals surface area contributed by atoms with E-state index >= 15 is 0 Å². The molecular formula is C18H34N2O. The molecular weight excluding hydrogens is 260 g/mol. The number of hydrogen-bond donors (Lipinski definition) is 2. The lowest BCUT2D eigenvalue weighted by Crippen LogP contribution is -2.44. The minimum atomic E-state index is 0.368. The van der Waals surface area contributed by atoms with Crippen LogP contribution in [0.3, 0.4) is 0 Å². The van der Waals surface area contributed by atoms with E-state index in [4.69, 9.17) is 5.11 Å². The van der Waals surface area contributed by atoms with Gasteiger partial charge in [0.2, 0.25) is 0 Å². The summed E-state index contributed by atoms with van der Waals surface area (Å²) in [6.07, 6.45) is 13.7. The van der Waals surface area contributed by atoms with Crippen LogP contribution >= 0.6 is 0 Å². The predicted octanol–water partition coefficient (Wildman–Crippen LogP) is 2.78. The SMILES string of the molecule is OCCC1CCN(CC2(CNC3CC3)CCCCCC2)C1. The summed E-state index contributed by atoms with van der Waals surface area (Å²) in [5, 5.41) is 13.0. The van der Waals surface area contributed by atoms with Gasteiger partial charge in [0.1, 0.15) is 0 Å². The van der Waals surface area contributed by atoms with Crippen LogP contribution in [0.15, 0.2) is 0 Å². The Hall–Kier alpha value is -0.120. The number of aliphatic hydroxyl groups is 1. The van der Waals surface area contributed by atoms with Crippen LogP contribution in [0.2, 0.25) is 0 Å². The quantitative estimate of drug-likeness (QED) is 0.709. The minimum absolute atomic E-state index is 0.368. The lowest BCUT2D eigenvalue weighted by Gasteiger charge is -2.37. The molecule has 1 saturated heterocycles. The second kappa shape index (κ2) is 7.43. The average Bonchev–Trinajstić information content (AvgIpc) is 3.24. The third kappa shape index (κ3) is 4.67. The smallest absolute Gasteiger partial charge is 0.0434 e. The van der Waals surface area contributed by atoms with E-state index in [2.05, 4.69) is 10.2 Å². The Morgan fingerprint density at radius 2 is 1.81 bits per heavy atom. The molecule has 1 aliphatic heterocycles. The Kier molecular flexibility index (Phi) is 5.58. The molecule has 0 amide bonds. The zero-order valence-electron chi connectivity index (χ0n) is 13.7. The van der Waals surface area contributed by atoms with E-state index in [0.29, 0.717) is 12.0 Å². The summed E-state index contributed by atoms with van der Waals surface area (Å²) in [4.78, 5) is 2.71. The van der Waals surface area contributed by atoms with Crippen molar-refractivity contribution in [2.24, 2.45) is 11.3 Å². The van der Waals surface area contributed by atoms with E-state index in [1.165, 1.54) is 84.0 Å². The Labute approximate surface area is 130 Å². The van der Waals surface area contributed by atoms with Gasteiger partial charge < -0.3 is 15.3 Å². The Morgan fingerprint density at radius 1 is 1.05 bits per heavy atom. The molecule has 0 radical (unpaired) electrons. The first-order valence-corrected chi connectivity index (χ1v) is 9.36. The highest BCUT2D eigenvalue weighted by Gasteiger charge is 2.36. The average molecular weight is 294 g/mol. The van der Waals surface area contributed by atoms with E-state index in [0.717, 1.165) is 18.4 Å². The number of rotatable bonds is 7. The van der Waals surface area contributed by atoms with Crippen molar-refractivity contribution in [3.63, 3.8) is 0 Å². The standard InChI is InChI=1S/C18H34N2O/c21-12-8-16-7-11-20(13-16)15-18(14-19-17-5-6-17)9-3-1-2-4-10-18/h16-17,19,21H,1-15H2. The fourth-order valence-electron chi connectivity index (χ4n) is 4.47. The van der Waals surface area contributed by atoms with Crippen LogP contribution in [0, 0.1) is 11.3 Å². The molecule has 1 atom stereocenters. The fourth-order valence-corrected chi connectivity index (χ4v) is 4.47. The first-order chi connectivity index (χ1) is 10.3. The summed E-state index contributed by atoms with van der Waals surface area (Å²) in [6, 6.07) is 0.839. The van der Waals surface area contributed by atoms with Gasteiger partial charge in [-0.15, -0.1) is 0 Å². The lowest BCUT2D eigenvalue weighted by molar-refractivity contribution is 0.140. The van der Waals surface area contributed by atoms with Crippen LogP contribution in [-0.4, -0.2) is 48.8 Å². The van der Waals surface area contributed by atoms with Gasteiger partial charge in [0.25, 0.3) is 0 Å². The van der Waals surface area contributed by atoms with E-state index in [-0.39, 0.29) is 0 Å². The Bertz CT molecular complexity index is 308. The van der Waals surface area contributed by atoms with Crippen molar-refractivity contribution in [1.82, 2.24) is 10.2 Å². The molecule has 0 aromatic rings. The summed E-state index contributed by atoms with van der Waals surface area (Å²) in [6.45, 7) is 5.40. The summed E-state index contributed by atoms with van der Waals surface area (Å²) in [7, 11) is 0. The van der Waals surface area contributed by atoms with Crippen molar-refractivity contribution in [3.05, 3.63) is 0 Å². The van der Waals surface area contributed by atoms with Gasteiger partial charge in [-0.05, 0) is 56.4 Å². The van der Waals surface area contributed by atoms with E-state index < -0.39 is 0 Å². The molecule has 1 unspecified atom stereocenters. The maximum atomic E-state index is 9.15. The molecule has 3 fully saturated rings. The second-order valence-corrected chi connectivity index (χ2v) is 7.97. The van der Waals surface area contributed by atoms with Crippen molar-refractivity contribution in [3.8, 4) is 0 Å². The first-order valence-electron chi connectivity index (χ1n) is 9.36. The van der Waals surface area contributed by atoms with E-state index in [1.54, 1.807) is 0 Å². The molecule has 3 nitrogen and oxygen atoms in total. The Balaban J connectivity index is 1.55. The van der Waals surface area contributed by atoms with Crippen LogP contribution in [0.1, 0.15) is 64.2 Å². The number of hydrogen-bond acceptors (Lipinski definition) is 3.